The first-order valence-electron chi connectivity index (χ1n) is 8.02. The van der Waals surface area contributed by atoms with Gasteiger partial charge in [0.1, 0.15) is 0 Å². The Bertz CT molecular complexity index is 587. The first kappa shape index (κ1) is 16.3. The van der Waals surface area contributed by atoms with Crippen molar-refractivity contribution in [1.82, 2.24) is 5.32 Å². The predicted molar refractivity (Wildman–Crippen MR) is 78.7 cm³/mol. The van der Waals surface area contributed by atoms with Gasteiger partial charge in [0.2, 0.25) is 5.91 Å². The summed E-state index contributed by atoms with van der Waals surface area (Å²) < 4.78 is 39.2. The molecule has 0 radical (unpaired) electrons. The van der Waals surface area contributed by atoms with Crippen LogP contribution in [0, 0.1) is 5.92 Å². The molecule has 2 N–H and O–H groups in total. The van der Waals surface area contributed by atoms with E-state index in [-0.39, 0.29) is 23.4 Å². The number of amides is 1. The zero-order valence-electron chi connectivity index (χ0n) is 12.6. The van der Waals surface area contributed by atoms with Crippen LogP contribution < -0.4 is 5.32 Å². The SMILES string of the molecule is O=C(NC1CCCCC1O)C1CC1c1ccccc1C(F)(F)F. The summed E-state index contributed by atoms with van der Waals surface area (Å²) in [5.41, 5.74) is -0.456. The summed E-state index contributed by atoms with van der Waals surface area (Å²) >= 11 is 0. The maximum atomic E-state index is 13.1. The Kier molecular flexibility index (Phi) is 4.36. The van der Waals surface area contributed by atoms with Crippen LogP contribution in [0.5, 0.6) is 0 Å². The minimum Gasteiger partial charge on any atom is -0.391 e. The largest absolute Gasteiger partial charge is 0.416 e. The molecule has 0 saturated heterocycles. The molecule has 126 valence electrons. The van der Waals surface area contributed by atoms with Crippen LogP contribution in [-0.2, 0) is 11.0 Å². The molecule has 1 amide bonds. The van der Waals surface area contributed by atoms with Crippen LogP contribution in [0.1, 0.15) is 49.1 Å². The van der Waals surface area contributed by atoms with Crippen molar-refractivity contribution in [2.75, 3.05) is 0 Å². The second-order valence-electron chi connectivity index (χ2n) is 6.50. The van der Waals surface area contributed by atoms with Crippen LogP contribution >= 0.6 is 0 Å². The summed E-state index contributed by atoms with van der Waals surface area (Å²) in [6.45, 7) is 0. The minimum atomic E-state index is -4.40. The molecule has 2 fully saturated rings. The van der Waals surface area contributed by atoms with Crippen molar-refractivity contribution in [2.45, 2.75) is 56.3 Å². The topological polar surface area (TPSA) is 49.3 Å². The van der Waals surface area contributed by atoms with Crippen LogP contribution in [0.4, 0.5) is 13.2 Å². The fraction of sp³-hybridized carbons (Fsp3) is 0.588. The summed E-state index contributed by atoms with van der Waals surface area (Å²) in [4.78, 5) is 12.3. The molecule has 4 unspecified atom stereocenters. The van der Waals surface area contributed by atoms with Gasteiger partial charge in [-0.15, -0.1) is 0 Å². The summed E-state index contributed by atoms with van der Waals surface area (Å²) in [6, 6.07) is 5.18. The van der Waals surface area contributed by atoms with E-state index in [1.54, 1.807) is 6.07 Å². The highest BCUT2D eigenvalue weighted by Gasteiger charge is 2.48. The van der Waals surface area contributed by atoms with E-state index in [1.807, 2.05) is 0 Å². The molecule has 6 heteroatoms. The average molecular weight is 327 g/mol. The number of rotatable bonds is 3. The zero-order chi connectivity index (χ0) is 16.6. The fourth-order valence-electron chi connectivity index (χ4n) is 3.48. The minimum absolute atomic E-state index is 0.198. The molecule has 0 aliphatic heterocycles. The van der Waals surface area contributed by atoms with Gasteiger partial charge in [0, 0.05) is 5.92 Å². The monoisotopic (exact) mass is 327 g/mol. The van der Waals surface area contributed by atoms with Gasteiger partial charge < -0.3 is 10.4 Å². The van der Waals surface area contributed by atoms with Crippen LogP contribution in [0.3, 0.4) is 0 Å². The Labute approximate surface area is 132 Å². The normalized spacial score (nSPS) is 30.8. The number of aliphatic hydroxyl groups excluding tert-OH is 1. The number of halogens is 3. The molecule has 4 atom stereocenters. The van der Waals surface area contributed by atoms with Gasteiger partial charge in [-0.05, 0) is 36.8 Å². The summed E-state index contributed by atoms with van der Waals surface area (Å²) in [6.07, 6.45) is -1.24. The quantitative estimate of drug-likeness (QED) is 0.895. The van der Waals surface area contributed by atoms with Crippen molar-refractivity contribution >= 4 is 5.91 Å². The summed E-state index contributed by atoms with van der Waals surface area (Å²) in [5, 5.41) is 12.7. The number of carbonyl (C=O) groups is 1. The molecule has 0 heterocycles. The van der Waals surface area contributed by atoms with Gasteiger partial charge in [0.15, 0.2) is 0 Å². The second-order valence-corrected chi connectivity index (χ2v) is 6.50. The van der Waals surface area contributed by atoms with Gasteiger partial charge in [0.25, 0.3) is 0 Å². The van der Waals surface area contributed by atoms with Gasteiger partial charge in [-0.25, -0.2) is 0 Å². The number of benzene rings is 1. The average Bonchev–Trinajstić information content (AvgIpc) is 3.29. The summed E-state index contributed by atoms with van der Waals surface area (Å²) in [7, 11) is 0. The van der Waals surface area contributed by atoms with Crippen LogP contribution in [0.25, 0.3) is 0 Å². The molecule has 2 saturated carbocycles. The lowest BCUT2D eigenvalue weighted by Crippen LogP contribution is -2.45. The molecular formula is C17H20F3NO2. The van der Waals surface area contributed by atoms with Crippen LogP contribution in [-0.4, -0.2) is 23.2 Å². The second kappa shape index (κ2) is 6.15. The molecule has 1 aromatic rings. The van der Waals surface area contributed by atoms with E-state index in [0.717, 1.165) is 25.3 Å². The van der Waals surface area contributed by atoms with Gasteiger partial charge in [-0.2, -0.15) is 13.2 Å². The van der Waals surface area contributed by atoms with Gasteiger partial charge >= 0.3 is 6.18 Å². The lowest BCUT2D eigenvalue weighted by molar-refractivity contribution is -0.138. The van der Waals surface area contributed by atoms with E-state index in [1.165, 1.54) is 12.1 Å². The highest BCUT2D eigenvalue weighted by Crippen LogP contribution is 2.51. The molecule has 0 spiro atoms. The van der Waals surface area contributed by atoms with Crippen molar-refractivity contribution in [3.05, 3.63) is 35.4 Å². The van der Waals surface area contributed by atoms with Crippen molar-refractivity contribution in [3.63, 3.8) is 0 Å². The molecule has 23 heavy (non-hydrogen) atoms. The van der Waals surface area contributed by atoms with E-state index in [2.05, 4.69) is 5.32 Å². The molecule has 3 nitrogen and oxygen atoms in total. The number of aliphatic hydroxyl groups is 1. The molecule has 3 rings (SSSR count). The lowest BCUT2D eigenvalue weighted by Gasteiger charge is -2.28. The first-order valence-corrected chi connectivity index (χ1v) is 8.02. The molecular weight excluding hydrogens is 307 g/mol. The van der Waals surface area contributed by atoms with E-state index in [9.17, 15) is 23.1 Å². The molecule has 0 aromatic heterocycles. The number of hydrogen-bond donors (Lipinski definition) is 2. The van der Waals surface area contributed by atoms with E-state index < -0.39 is 23.8 Å². The highest BCUT2D eigenvalue weighted by molar-refractivity contribution is 5.83. The van der Waals surface area contributed by atoms with Crippen molar-refractivity contribution in [3.8, 4) is 0 Å². The maximum Gasteiger partial charge on any atom is 0.416 e. The van der Waals surface area contributed by atoms with Crippen molar-refractivity contribution in [2.24, 2.45) is 5.92 Å². The third-order valence-corrected chi connectivity index (χ3v) is 4.85. The number of carbonyl (C=O) groups excluding carboxylic acids is 1. The Morgan fingerprint density at radius 3 is 2.57 bits per heavy atom. The highest BCUT2D eigenvalue weighted by atomic mass is 19.4. The third kappa shape index (κ3) is 3.52. The molecule has 2 aliphatic carbocycles. The number of hydrogen-bond acceptors (Lipinski definition) is 2. The fourth-order valence-corrected chi connectivity index (χ4v) is 3.48. The first-order chi connectivity index (χ1) is 10.9. The predicted octanol–water partition coefficient (Wildman–Crippen LogP) is 3.23. The Morgan fingerprint density at radius 1 is 1.17 bits per heavy atom. The third-order valence-electron chi connectivity index (χ3n) is 4.85. The van der Waals surface area contributed by atoms with E-state index in [0.29, 0.717) is 12.8 Å². The Balaban J connectivity index is 1.66. The van der Waals surface area contributed by atoms with Crippen LogP contribution in [0.2, 0.25) is 0 Å². The Hall–Kier alpha value is -1.56. The molecule has 1 aromatic carbocycles. The maximum absolute atomic E-state index is 13.1. The van der Waals surface area contributed by atoms with Crippen LogP contribution in [0.15, 0.2) is 24.3 Å². The zero-order valence-corrected chi connectivity index (χ0v) is 12.6. The Morgan fingerprint density at radius 2 is 1.87 bits per heavy atom. The number of alkyl halides is 3. The van der Waals surface area contributed by atoms with Crippen molar-refractivity contribution < 1.29 is 23.1 Å². The molecule has 2 aliphatic rings. The van der Waals surface area contributed by atoms with E-state index in [4.69, 9.17) is 0 Å². The molecule has 0 bridgehead atoms. The smallest absolute Gasteiger partial charge is 0.391 e. The van der Waals surface area contributed by atoms with Gasteiger partial charge in [-0.3, -0.25) is 4.79 Å². The van der Waals surface area contributed by atoms with Crippen molar-refractivity contribution in [1.29, 1.82) is 0 Å². The van der Waals surface area contributed by atoms with Gasteiger partial charge in [0.05, 0.1) is 17.7 Å². The van der Waals surface area contributed by atoms with E-state index >= 15 is 0 Å². The standard InChI is InChI=1S/C17H20F3NO2/c18-17(19,20)13-6-2-1-5-10(13)11-9-12(11)16(23)21-14-7-3-4-8-15(14)22/h1-2,5-6,11-12,14-15,22H,3-4,7-9H2,(H,21,23). The lowest BCUT2D eigenvalue weighted by atomic mass is 9.92. The van der Waals surface area contributed by atoms with Gasteiger partial charge in [-0.1, -0.05) is 31.0 Å². The number of nitrogens with one attached hydrogen (secondary N) is 1. The summed E-state index contributed by atoms with van der Waals surface area (Å²) in [5.74, 6) is -1.04.